The Hall–Kier alpha value is -0.860. The Labute approximate surface area is 113 Å². The molecule has 4 N–H and O–H groups in total. The van der Waals surface area contributed by atoms with Crippen molar-refractivity contribution in [1.82, 2.24) is 5.32 Å². The van der Waals surface area contributed by atoms with Crippen LogP contribution in [0.2, 0.25) is 0 Å². The number of anilines is 1. The minimum atomic E-state index is -0.411. The Morgan fingerprint density at radius 3 is 2.82 bits per heavy atom. The Balaban J connectivity index is 2.75. The molecule has 0 heterocycles. The first kappa shape index (κ1) is 14.2. The van der Waals surface area contributed by atoms with Crippen molar-refractivity contribution in [3.63, 3.8) is 0 Å². The molecule has 5 nitrogen and oxygen atoms in total. The van der Waals surface area contributed by atoms with Gasteiger partial charge in [0.2, 0.25) is 0 Å². The van der Waals surface area contributed by atoms with E-state index in [1.54, 1.807) is 18.2 Å². The summed E-state index contributed by atoms with van der Waals surface area (Å²) in [7, 11) is 1.51. The van der Waals surface area contributed by atoms with Crippen molar-refractivity contribution < 1.29 is 14.6 Å². The largest absolute Gasteiger partial charge is 0.399 e. The zero-order chi connectivity index (χ0) is 12.8. The number of nitrogens with two attached hydrogens (primary N) is 1. The minimum Gasteiger partial charge on any atom is -0.399 e. The molecule has 94 valence electrons. The summed E-state index contributed by atoms with van der Waals surface area (Å²) in [5.41, 5.74) is 6.67. The van der Waals surface area contributed by atoms with Crippen LogP contribution in [0, 0.1) is 3.57 Å². The summed E-state index contributed by atoms with van der Waals surface area (Å²) in [4.78, 5) is 11.9. The van der Waals surface area contributed by atoms with Crippen LogP contribution in [-0.4, -0.2) is 37.4 Å². The van der Waals surface area contributed by atoms with Gasteiger partial charge in [0, 0.05) is 21.9 Å². The maximum atomic E-state index is 11.9. The average molecular weight is 350 g/mol. The second kappa shape index (κ2) is 6.77. The standard InChI is InChI=1S/C11H15IN2O3/c1-17-6-10(5-15)14-11(16)7-2-8(12)4-9(13)3-7/h2-4,10,15H,5-6,13H2,1H3,(H,14,16). The molecule has 0 saturated carbocycles. The van der Waals surface area contributed by atoms with Crippen molar-refractivity contribution in [3.05, 3.63) is 27.3 Å². The molecule has 0 fully saturated rings. The molecule has 0 aliphatic heterocycles. The molecule has 1 atom stereocenters. The maximum absolute atomic E-state index is 11.9. The van der Waals surface area contributed by atoms with E-state index in [1.807, 2.05) is 0 Å². The van der Waals surface area contributed by atoms with Gasteiger partial charge < -0.3 is 20.9 Å². The number of benzene rings is 1. The van der Waals surface area contributed by atoms with Crippen molar-refractivity contribution >= 4 is 34.2 Å². The quantitative estimate of drug-likeness (QED) is 0.537. The van der Waals surface area contributed by atoms with Crippen LogP contribution >= 0.6 is 22.6 Å². The summed E-state index contributed by atoms with van der Waals surface area (Å²) in [6, 6.07) is 4.69. The fourth-order valence-electron chi connectivity index (χ4n) is 1.35. The average Bonchev–Trinajstić information content (AvgIpc) is 2.27. The van der Waals surface area contributed by atoms with Gasteiger partial charge in [0.15, 0.2) is 0 Å². The van der Waals surface area contributed by atoms with Gasteiger partial charge in [-0.2, -0.15) is 0 Å². The van der Waals surface area contributed by atoms with Gasteiger partial charge in [-0.1, -0.05) is 0 Å². The first-order valence-electron chi connectivity index (χ1n) is 5.03. The van der Waals surface area contributed by atoms with Gasteiger partial charge in [-0.05, 0) is 40.8 Å². The number of carbonyl (C=O) groups is 1. The van der Waals surface area contributed by atoms with Crippen molar-refractivity contribution in [3.8, 4) is 0 Å². The molecule has 0 aliphatic carbocycles. The minimum absolute atomic E-state index is 0.168. The van der Waals surface area contributed by atoms with E-state index in [0.29, 0.717) is 11.3 Å². The van der Waals surface area contributed by atoms with Gasteiger partial charge >= 0.3 is 0 Å². The fraction of sp³-hybridized carbons (Fsp3) is 0.364. The number of hydrogen-bond donors (Lipinski definition) is 3. The number of methoxy groups -OCH3 is 1. The van der Waals surface area contributed by atoms with Crippen LogP contribution in [-0.2, 0) is 4.74 Å². The van der Waals surface area contributed by atoms with Crippen molar-refractivity contribution in [2.75, 3.05) is 26.1 Å². The number of halogens is 1. The number of amides is 1. The first-order chi connectivity index (χ1) is 8.06. The van der Waals surface area contributed by atoms with Crippen molar-refractivity contribution in [2.24, 2.45) is 0 Å². The van der Waals surface area contributed by atoms with Gasteiger partial charge in [0.1, 0.15) is 0 Å². The Bertz CT molecular complexity index is 378. The van der Waals surface area contributed by atoms with Crippen LogP contribution < -0.4 is 11.1 Å². The first-order valence-corrected chi connectivity index (χ1v) is 6.11. The van der Waals surface area contributed by atoms with Crippen LogP contribution in [0.15, 0.2) is 18.2 Å². The Morgan fingerprint density at radius 2 is 2.29 bits per heavy atom. The monoisotopic (exact) mass is 350 g/mol. The molecule has 17 heavy (non-hydrogen) atoms. The number of carbonyl (C=O) groups excluding carboxylic acids is 1. The molecule has 1 unspecified atom stereocenters. The molecular weight excluding hydrogens is 335 g/mol. The van der Waals surface area contributed by atoms with Gasteiger partial charge in [-0.3, -0.25) is 4.79 Å². The number of ether oxygens (including phenoxy) is 1. The summed E-state index contributed by atoms with van der Waals surface area (Å²) in [6.45, 7) is 0.0979. The van der Waals surface area contributed by atoms with Gasteiger partial charge in [0.05, 0.1) is 19.3 Å². The summed E-state index contributed by atoms with van der Waals surface area (Å²) in [5, 5.41) is 11.7. The molecule has 0 bridgehead atoms. The highest BCUT2D eigenvalue weighted by atomic mass is 127. The van der Waals surface area contributed by atoms with Crippen LogP contribution in [0.25, 0.3) is 0 Å². The summed E-state index contributed by atoms with van der Waals surface area (Å²) < 4.78 is 5.77. The number of rotatable bonds is 5. The highest BCUT2D eigenvalue weighted by Crippen LogP contribution is 2.14. The summed E-state index contributed by atoms with van der Waals surface area (Å²) >= 11 is 2.09. The highest BCUT2D eigenvalue weighted by Gasteiger charge is 2.13. The van der Waals surface area contributed by atoms with Crippen molar-refractivity contribution in [2.45, 2.75) is 6.04 Å². The number of nitrogen functional groups attached to an aromatic ring is 1. The highest BCUT2D eigenvalue weighted by molar-refractivity contribution is 14.1. The Morgan fingerprint density at radius 1 is 1.59 bits per heavy atom. The molecule has 0 saturated heterocycles. The van der Waals surface area contributed by atoms with Crippen molar-refractivity contribution in [1.29, 1.82) is 0 Å². The molecule has 0 radical (unpaired) electrons. The summed E-state index contributed by atoms with van der Waals surface area (Å²) in [6.07, 6.45) is 0. The van der Waals surface area contributed by atoms with E-state index in [4.69, 9.17) is 15.6 Å². The molecule has 6 heteroatoms. The molecule has 1 aromatic carbocycles. The number of aliphatic hydroxyl groups excluding tert-OH is 1. The third-order valence-corrected chi connectivity index (χ3v) is 2.73. The third-order valence-electron chi connectivity index (χ3n) is 2.11. The number of aliphatic hydroxyl groups is 1. The molecule has 0 aliphatic rings. The normalized spacial score (nSPS) is 12.2. The lowest BCUT2D eigenvalue weighted by Gasteiger charge is -2.15. The molecule has 1 aromatic rings. The van der Waals surface area contributed by atoms with E-state index in [1.165, 1.54) is 7.11 Å². The zero-order valence-electron chi connectivity index (χ0n) is 9.44. The predicted molar refractivity (Wildman–Crippen MR) is 73.8 cm³/mol. The Kier molecular flexibility index (Phi) is 5.66. The summed E-state index contributed by atoms with van der Waals surface area (Å²) in [5.74, 6) is -0.272. The van der Waals surface area contributed by atoms with Crippen LogP contribution in [0.3, 0.4) is 0 Å². The van der Waals surface area contributed by atoms with E-state index in [0.717, 1.165) is 3.57 Å². The maximum Gasteiger partial charge on any atom is 0.251 e. The van der Waals surface area contributed by atoms with Gasteiger partial charge in [-0.15, -0.1) is 0 Å². The van der Waals surface area contributed by atoms with Crippen LogP contribution in [0.4, 0.5) is 5.69 Å². The second-order valence-electron chi connectivity index (χ2n) is 3.58. The molecule has 0 aromatic heterocycles. The van der Waals surface area contributed by atoms with E-state index in [9.17, 15) is 4.79 Å². The van der Waals surface area contributed by atoms with E-state index >= 15 is 0 Å². The zero-order valence-corrected chi connectivity index (χ0v) is 11.6. The lowest BCUT2D eigenvalue weighted by Crippen LogP contribution is -2.40. The predicted octanol–water partition coefficient (Wildman–Crippen LogP) is 0.610. The smallest absolute Gasteiger partial charge is 0.251 e. The second-order valence-corrected chi connectivity index (χ2v) is 4.83. The van der Waals surface area contributed by atoms with Gasteiger partial charge in [-0.25, -0.2) is 0 Å². The van der Waals surface area contributed by atoms with E-state index in [2.05, 4.69) is 27.9 Å². The van der Waals surface area contributed by atoms with E-state index in [-0.39, 0.29) is 19.1 Å². The number of nitrogens with one attached hydrogen (secondary N) is 1. The van der Waals surface area contributed by atoms with Crippen LogP contribution in [0.1, 0.15) is 10.4 Å². The number of hydrogen-bond acceptors (Lipinski definition) is 4. The fourth-order valence-corrected chi connectivity index (χ4v) is 2.05. The lowest BCUT2D eigenvalue weighted by atomic mass is 10.2. The van der Waals surface area contributed by atoms with E-state index < -0.39 is 6.04 Å². The molecule has 0 spiro atoms. The molecule has 1 amide bonds. The topological polar surface area (TPSA) is 84.6 Å². The molecule has 1 rings (SSSR count). The lowest BCUT2D eigenvalue weighted by molar-refractivity contribution is 0.0839. The van der Waals surface area contributed by atoms with Crippen LogP contribution in [0.5, 0.6) is 0 Å². The third kappa shape index (κ3) is 4.49. The SMILES string of the molecule is COCC(CO)NC(=O)c1cc(N)cc(I)c1. The molecular formula is C11H15IN2O3. The van der Waals surface area contributed by atoms with Gasteiger partial charge in [0.25, 0.3) is 5.91 Å².